The third-order valence-corrected chi connectivity index (χ3v) is 4.19. The van der Waals surface area contributed by atoms with Crippen LogP contribution in [0, 0.1) is 0 Å². The molecular formula is C17H23N3O. The summed E-state index contributed by atoms with van der Waals surface area (Å²) < 4.78 is 0. The van der Waals surface area contributed by atoms with Gasteiger partial charge in [0.2, 0.25) is 0 Å². The second kappa shape index (κ2) is 6.31. The summed E-state index contributed by atoms with van der Waals surface area (Å²) in [7, 11) is 0. The van der Waals surface area contributed by atoms with Crippen LogP contribution in [-0.4, -0.2) is 35.6 Å². The molecule has 2 N–H and O–H groups in total. The Morgan fingerprint density at radius 3 is 3.14 bits per heavy atom. The maximum Gasteiger partial charge on any atom is 0.255 e. The quantitative estimate of drug-likeness (QED) is 0.908. The molecule has 4 heteroatoms. The highest BCUT2D eigenvalue weighted by molar-refractivity contribution is 5.84. The summed E-state index contributed by atoms with van der Waals surface area (Å²) in [6.07, 6.45) is 5.39. The Hall–Kier alpha value is -1.81. The van der Waals surface area contributed by atoms with Gasteiger partial charge in [-0.2, -0.15) is 0 Å². The maximum atomic E-state index is 11.7. The monoisotopic (exact) mass is 285 g/mol. The number of nitrogens with one attached hydrogen (secondary N) is 2. The Morgan fingerprint density at radius 1 is 1.38 bits per heavy atom. The Labute approximate surface area is 125 Å². The zero-order valence-corrected chi connectivity index (χ0v) is 12.6. The van der Waals surface area contributed by atoms with Gasteiger partial charge in [0, 0.05) is 29.9 Å². The zero-order chi connectivity index (χ0) is 14.7. The van der Waals surface area contributed by atoms with Crippen molar-refractivity contribution in [3.05, 3.63) is 40.8 Å². The molecule has 1 fully saturated rings. The molecule has 0 unspecified atom stereocenters. The molecule has 1 saturated heterocycles. The molecule has 2 heterocycles. The Balaban J connectivity index is 1.74. The summed E-state index contributed by atoms with van der Waals surface area (Å²) in [6, 6.07) is 8.44. The minimum atomic E-state index is -0.0224. The number of H-pyrrole nitrogens is 1. The van der Waals surface area contributed by atoms with Gasteiger partial charge in [-0.1, -0.05) is 6.92 Å². The average molecular weight is 285 g/mol. The summed E-state index contributed by atoms with van der Waals surface area (Å²) in [5.74, 6) is 0. The smallest absolute Gasteiger partial charge is 0.255 e. The molecule has 1 aromatic carbocycles. The number of aromatic nitrogens is 1. The molecule has 4 nitrogen and oxygen atoms in total. The predicted molar refractivity (Wildman–Crippen MR) is 87.9 cm³/mol. The maximum absolute atomic E-state index is 11.7. The second-order valence-electron chi connectivity index (χ2n) is 5.89. The van der Waals surface area contributed by atoms with E-state index in [1.165, 1.54) is 32.4 Å². The molecule has 0 saturated carbocycles. The Morgan fingerprint density at radius 2 is 2.29 bits per heavy atom. The van der Waals surface area contributed by atoms with E-state index in [-0.39, 0.29) is 5.56 Å². The van der Waals surface area contributed by atoms with E-state index < -0.39 is 0 Å². The van der Waals surface area contributed by atoms with Crippen LogP contribution in [0.4, 0.5) is 5.69 Å². The summed E-state index contributed by atoms with van der Waals surface area (Å²) >= 11 is 0. The zero-order valence-electron chi connectivity index (χ0n) is 12.6. The fraction of sp³-hybridized carbons (Fsp3) is 0.471. The minimum absolute atomic E-state index is 0.0224. The molecular weight excluding hydrogens is 262 g/mol. The van der Waals surface area contributed by atoms with Gasteiger partial charge in [0.1, 0.15) is 0 Å². The van der Waals surface area contributed by atoms with Crippen LogP contribution in [0.3, 0.4) is 0 Å². The van der Waals surface area contributed by atoms with Gasteiger partial charge in [0.15, 0.2) is 0 Å². The first-order valence-corrected chi connectivity index (χ1v) is 7.86. The first-order chi connectivity index (χ1) is 10.3. The number of aromatic amines is 1. The summed E-state index contributed by atoms with van der Waals surface area (Å²) in [6.45, 7) is 5.75. The number of benzene rings is 1. The lowest BCUT2D eigenvalue weighted by Gasteiger charge is -2.33. The SMILES string of the molecule is CCCN1CCC[C@@H](Nc2ccc3c(=O)[nH]ccc3c2)C1. The van der Waals surface area contributed by atoms with Crippen molar-refractivity contribution in [1.29, 1.82) is 0 Å². The lowest BCUT2D eigenvalue weighted by Crippen LogP contribution is -2.42. The van der Waals surface area contributed by atoms with E-state index in [0.29, 0.717) is 6.04 Å². The number of rotatable bonds is 4. The number of hydrogen-bond acceptors (Lipinski definition) is 3. The lowest BCUT2D eigenvalue weighted by atomic mass is 10.0. The molecule has 0 bridgehead atoms. The molecule has 0 spiro atoms. The van der Waals surface area contributed by atoms with Crippen molar-refractivity contribution in [1.82, 2.24) is 9.88 Å². The van der Waals surface area contributed by atoms with Crippen LogP contribution in [0.2, 0.25) is 0 Å². The average Bonchev–Trinajstić information content (AvgIpc) is 2.48. The summed E-state index contributed by atoms with van der Waals surface area (Å²) in [5.41, 5.74) is 1.09. The lowest BCUT2D eigenvalue weighted by molar-refractivity contribution is 0.217. The van der Waals surface area contributed by atoms with Crippen LogP contribution >= 0.6 is 0 Å². The van der Waals surface area contributed by atoms with Crippen molar-refractivity contribution >= 4 is 16.5 Å². The molecule has 1 atom stereocenters. The van der Waals surface area contributed by atoms with E-state index in [4.69, 9.17) is 0 Å². The van der Waals surface area contributed by atoms with Gasteiger partial charge in [0.25, 0.3) is 5.56 Å². The molecule has 1 aliphatic rings. The van der Waals surface area contributed by atoms with Gasteiger partial charge in [-0.3, -0.25) is 4.79 Å². The van der Waals surface area contributed by atoms with Gasteiger partial charge in [-0.25, -0.2) is 0 Å². The van der Waals surface area contributed by atoms with Gasteiger partial charge in [-0.05, 0) is 62.0 Å². The third-order valence-electron chi connectivity index (χ3n) is 4.19. The molecule has 0 radical (unpaired) electrons. The molecule has 21 heavy (non-hydrogen) atoms. The number of piperidine rings is 1. The van der Waals surface area contributed by atoms with Crippen LogP contribution in [0.25, 0.3) is 10.8 Å². The highest BCUT2D eigenvalue weighted by Crippen LogP contribution is 2.20. The topological polar surface area (TPSA) is 48.1 Å². The summed E-state index contributed by atoms with van der Waals surface area (Å²) in [4.78, 5) is 17.0. The number of anilines is 1. The molecule has 1 aromatic heterocycles. The normalized spacial score (nSPS) is 19.8. The van der Waals surface area contributed by atoms with Crippen molar-refractivity contribution in [3.8, 4) is 0 Å². The molecule has 0 amide bonds. The van der Waals surface area contributed by atoms with E-state index in [0.717, 1.165) is 23.0 Å². The Bertz CT molecular complexity index is 662. The molecule has 112 valence electrons. The minimum Gasteiger partial charge on any atom is -0.381 e. The fourth-order valence-electron chi connectivity index (χ4n) is 3.21. The fourth-order valence-corrected chi connectivity index (χ4v) is 3.21. The van der Waals surface area contributed by atoms with E-state index in [1.807, 2.05) is 18.2 Å². The van der Waals surface area contributed by atoms with Crippen molar-refractivity contribution in [2.45, 2.75) is 32.2 Å². The van der Waals surface area contributed by atoms with Crippen molar-refractivity contribution < 1.29 is 0 Å². The molecule has 2 aromatic rings. The van der Waals surface area contributed by atoms with Gasteiger partial charge in [0.05, 0.1) is 0 Å². The van der Waals surface area contributed by atoms with Crippen LogP contribution in [0.15, 0.2) is 35.3 Å². The van der Waals surface area contributed by atoms with Gasteiger partial charge < -0.3 is 15.2 Å². The van der Waals surface area contributed by atoms with Gasteiger partial charge >= 0.3 is 0 Å². The highest BCUT2D eigenvalue weighted by atomic mass is 16.1. The van der Waals surface area contributed by atoms with E-state index in [9.17, 15) is 4.79 Å². The number of fused-ring (bicyclic) bond motifs is 1. The molecule has 1 aliphatic heterocycles. The predicted octanol–water partition coefficient (Wildman–Crippen LogP) is 2.81. The van der Waals surface area contributed by atoms with Crippen LogP contribution < -0.4 is 10.9 Å². The van der Waals surface area contributed by atoms with E-state index in [1.54, 1.807) is 6.20 Å². The number of pyridine rings is 1. The first-order valence-electron chi connectivity index (χ1n) is 7.86. The largest absolute Gasteiger partial charge is 0.381 e. The molecule has 3 rings (SSSR count). The number of hydrogen-bond donors (Lipinski definition) is 2. The molecule has 0 aliphatic carbocycles. The van der Waals surface area contributed by atoms with E-state index >= 15 is 0 Å². The number of nitrogens with zero attached hydrogens (tertiary/aromatic N) is 1. The Kier molecular flexibility index (Phi) is 4.25. The summed E-state index contributed by atoms with van der Waals surface area (Å²) in [5, 5.41) is 5.37. The van der Waals surface area contributed by atoms with Crippen molar-refractivity contribution in [2.24, 2.45) is 0 Å². The van der Waals surface area contributed by atoms with Crippen molar-refractivity contribution in [3.63, 3.8) is 0 Å². The standard InChI is InChI=1S/C17H23N3O/c1-2-9-20-10-3-4-15(12-20)19-14-5-6-16-13(11-14)7-8-18-17(16)21/h5-8,11,15,19H,2-4,9-10,12H2,1H3,(H,18,21)/t15-/m1/s1. The number of likely N-dealkylation sites (tertiary alicyclic amines) is 1. The highest BCUT2D eigenvalue weighted by Gasteiger charge is 2.18. The van der Waals surface area contributed by atoms with Crippen LogP contribution in [0.1, 0.15) is 26.2 Å². The third kappa shape index (κ3) is 3.27. The van der Waals surface area contributed by atoms with Crippen LogP contribution in [0.5, 0.6) is 0 Å². The van der Waals surface area contributed by atoms with Crippen molar-refractivity contribution in [2.75, 3.05) is 25.0 Å². The first kappa shape index (κ1) is 14.1. The van der Waals surface area contributed by atoms with Gasteiger partial charge in [-0.15, -0.1) is 0 Å². The van der Waals surface area contributed by atoms with E-state index in [2.05, 4.69) is 28.2 Å². The van der Waals surface area contributed by atoms with Crippen LogP contribution in [-0.2, 0) is 0 Å². The second-order valence-corrected chi connectivity index (χ2v) is 5.89.